The first-order valence-corrected chi connectivity index (χ1v) is 15.7. The van der Waals surface area contributed by atoms with Crippen molar-refractivity contribution in [1.29, 1.82) is 0 Å². The maximum Gasteiger partial charge on any atom is 0.343 e. The molecule has 0 heterocycles. The van der Waals surface area contributed by atoms with Gasteiger partial charge in [-0.25, -0.2) is 10.2 Å². The Morgan fingerprint density at radius 3 is 2.05 bits per heavy atom. The van der Waals surface area contributed by atoms with Crippen molar-refractivity contribution in [3.8, 4) is 17.2 Å². The average Bonchev–Trinajstić information content (AvgIpc) is 3.02. The number of carbonyl (C=O) groups is 3. The van der Waals surface area contributed by atoms with E-state index in [0.29, 0.717) is 35.7 Å². The zero-order valence-electron chi connectivity index (χ0n) is 26.1. The largest absolute Gasteiger partial charge is 0.494 e. The molecule has 236 valence electrons. The van der Waals surface area contributed by atoms with Crippen molar-refractivity contribution in [1.82, 2.24) is 10.7 Å². The summed E-state index contributed by atoms with van der Waals surface area (Å²) < 4.78 is 16.4. The first-order valence-electron chi connectivity index (χ1n) is 15.7. The van der Waals surface area contributed by atoms with E-state index in [2.05, 4.69) is 22.8 Å². The van der Waals surface area contributed by atoms with Crippen LogP contribution in [0, 0.1) is 0 Å². The predicted molar refractivity (Wildman–Crippen MR) is 170 cm³/mol. The Bertz CT molecular complexity index is 1130. The monoisotopic (exact) mass is 595 g/mol. The summed E-state index contributed by atoms with van der Waals surface area (Å²) in [4.78, 5) is 36.7. The topological polar surface area (TPSA) is 115 Å². The highest BCUT2D eigenvalue weighted by molar-refractivity contribution is 5.92. The molecular weight excluding hydrogens is 546 g/mol. The SMILES string of the molecule is CCCCCCCCCCCCCC(=O)NCC(=O)NN=Cc1ccc(OC(=O)c2ccc(OCCC)cc2)c(OC)c1. The van der Waals surface area contributed by atoms with Gasteiger partial charge in [0.15, 0.2) is 11.5 Å². The number of amides is 2. The number of nitrogens with zero attached hydrogens (tertiary/aromatic N) is 1. The van der Waals surface area contributed by atoms with E-state index in [1.165, 1.54) is 64.7 Å². The van der Waals surface area contributed by atoms with E-state index in [4.69, 9.17) is 14.2 Å². The third-order valence-corrected chi connectivity index (χ3v) is 6.81. The molecule has 2 amide bonds. The number of hydrogen-bond donors (Lipinski definition) is 2. The zero-order valence-corrected chi connectivity index (χ0v) is 26.1. The van der Waals surface area contributed by atoms with Crippen molar-refractivity contribution in [2.75, 3.05) is 20.3 Å². The van der Waals surface area contributed by atoms with E-state index in [-0.39, 0.29) is 18.2 Å². The normalized spacial score (nSPS) is 10.9. The minimum absolute atomic E-state index is 0.134. The number of carbonyl (C=O) groups excluding carboxylic acids is 3. The molecule has 43 heavy (non-hydrogen) atoms. The molecule has 0 unspecified atom stereocenters. The van der Waals surface area contributed by atoms with Crippen LogP contribution in [0.25, 0.3) is 0 Å². The van der Waals surface area contributed by atoms with Gasteiger partial charge in [-0.3, -0.25) is 9.59 Å². The molecule has 2 aromatic rings. The molecule has 0 aromatic heterocycles. The Balaban J connectivity index is 1.65. The molecule has 0 aliphatic carbocycles. The Labute approximate surface area is 256 Å². The van der Waals surface area contributed by atoms with Gasteiger partial charge in [0.25, 0.3) is 5.91 Å². The Morgan fingerprint density at radius 2 is 1.42 bits per heavy atom. The van der Waals surface area contributed by atoms with E-state index in [1.807, 2.05) is 6.92 Å². The van der Waals surface area contributed by atoms with Crippen LogP contribution >= 0.6 is 0 Å². The van der Waals surface area contributed by atoms with Gasteiger partial charge < -0.3 is 19.5 Å². The maximum absolute atomic E-state index is 12.6. The van der Waals surface area contributed by atoms with Crippen molar-refractivity contribution >= 4 is 24.0 Å². The first-order chi connectivity index (χ1) is 21.0. The number of rotatable bonds is 22. The van der Waals surface area contributed by atoms with Gasteiger partial charge in [-0.1, -0.05) is 78.1 Å². The predicted octanol–water partition coefficient (Wildman–Crippen LogP) is 6.97. The molecule has 0 radical (unpaired) electrons. The molecule has 0 bridgehead atoms. The maximum atomic E-state index is 12.6. The summed E-state index contributed by atoms with van der Waals surface area (Å²) in [7, 11) is 1.47. The van der Waals surface area contributed by atoms with Crippen LogP contribution in [0.1, 0.15) is 113 Å². The lowest BCUT2D eigenvalue weighted by Crippen LogP contribution is -2.34. The Kier molecular flexibility index (Phi) is 17.9. The fraction of sp³-hybridized carbons (Fsp3) is 0.529. The lowest BCUT2D eigenvalue weighted by Gasteiger charge is -2.10. The second kappa shape index (κ2) is 21.8. The van der Waals surface area contributed by atoms with E-state index in [0.717, 1.165) is 25.7 Å². The zero-order chi connectivity index (χ0) is 31.1. The molecule has 9 nitrogen and oxygen atoms in total. The number of unbranched alkanes of at least 4 members (excludes halogenated alkanes) is 10. The molecule has 0 saturated heterocycles. The van der Waals surface area contributed by atoms with Gasteiger partial charge >= 0.3 is 5.97 Å². The highest BCUT2D eigenvalue weighted by Gasteiger charge is 2.13. The van der Waals surface area contributed by atoms with Crippen LogP contribution < -0.4 is 25.0 Å². The molecule has 0 spiro atoms. The summed E-state index contributed by atoms with van der Waals surface area (Å²) in [5.41, 5.74) is 3.40. The van der Waals surface area contributed by atoms with Crippen molar-refractivity contribution in [2.24, 2.45) is 5.10 Å². The lowest BCUT2D eigenvalue weighted by atomic mass is 10.1. The smallest absolute Gasteiger partial charge is 0.343 e. The van der Waals surface area contributed by atoms with E-state index in [1.54, 1.807) is 42.5 Å². The lowest BCUT2D eigenvalue weighted by molar-refractivity contribution is -0.126. The number of esters is 1. The molecule has 2 rings (SSSR count). The minimum atomic E-state index is -0.528. The number of methoxy groups -OCH3 is 1. The first kappa shape index (κ1) is 35.3. The Hall–Kier alpha value is -3.88. The van der Waals surface area contributed by atoms with E-state index < -0.39 is 11.9 Å². The highest BCUT2D eigenvalue weighted by atomic mass is 16.6. The van der Waals surface area contributed by atoms with Crippen molar-refractivity contribution in [3.63, 3.8) is 0 Å². The summed E-state index contributed by atoms with van der Waals surface area (Å²) in [5, 5.41) is 6.58. The number of hydrazone groups is 1. The third kappa shape index (κ3) is 15.2. The quantitative estimate of drug-likeness (QED) is 0.0499. The molecule has 0 atom stereocenters. The van der Waals surface area contributed by atoms with Crippen LogP contribution in [0.2, 0.25) is 0 Å². The van der Waals surface area contributed by atoms with Crippen LogP contribution in [-0.4, -0.2) is 44.3 Å². The van der Waals surface area contributed by atoms with Gasteiger partial charge in [0.1, 0.15) is 5.75 Å². The molecular formula is C34H49N3O6. The Morgan fingerprint density at radius 1 is 0.767 bits per heavy atom. The fourth-order valence-corrected chi connectivity index (χ4v) is 4.35. The van der Waals surface area contributed by atoms with Crippen molar-refractivity contribution in [3.05, 3.63) is 53.6 Å². The fourth-order valence-electron chi connectivity index (χ4n) is 4.35. The number of hydrogen-bond acceptors (Lipinski definition) is 7. The molecule has 2 aromatic carbocycles. The number of benzene rings is 2. The molecule has 0 aliphatic heterocycles. The second-order valence-electron chi connectivity index (χ2n) is 10.5. The molecule has 0 aliphatic rings. The van der Waals surface area contributed by atoms with Gasteiger partial charge in [0.05, 0.1) is 32.0 Å². The van der Waals surface area contributed by atoms with Gasteiger partial charge in [-0.05, 0) is 60.9 Å². The van der Waals surface area contributed by atoms with Gasteiger partial charge in [0.2, 0.25) is 5.91 Å². The van der Waals surface area contributed by atoms with Gasteiger partial charge in [0, 0.05) is 6.42 Å². The highest BCUT2D eigenvalue weighted by Crippen LogP contribution is 2.28. The van der Waals surface area contributed by atoms with Crippen molar-refractivity contribution in [2.45, 2.75) is 97.3 Å². The minimum Gasteiger partial charge on any atom is -0.494 e. The van der Waals surface area contributed by atoms with Crippen LogP contribution in [0.5, 0.6) is 17.2 Å². The molecule has 0 fully saturated rings. The van der Waals surface area contributed by atoms with Crippen LogP contribution in [0.4, 0.5) is 0 Å². The van der Waals surface area contributed by atoms with E-state index in [9.17, 15) is 14.4 Å². The molecule has 2 N–H and O–H groups in total. The standard InChI is InChI=1S/C34H49N3O6/c1-4-6-7-8-9-10-11-12-13-14-15-16-32(38)35-26-33(39)37-36-25-27-17-22-30(31(24-27)41-3)43-34(40)28-18-20-29(21-19-28)42-23-5-2/h17-22,24-25H,4-16,23,26H2,1-3H3,(H,35,38)(H,37,39). The summed E-state index contributed by atoms with van der Waals surface area (Å²) in [6.07, 6.45) is 16.2. The van der Waals surface area contributed by atoms with E-state index >= 15 is 0 Å². The summed E-state index contributed by atoms with van der Waals surface area (Å²) >= 11 is 0. The van der Waals surface area contributed by atoms with Crippen LogP contribution in [0.3, 0.4) is 0 Å². The van der Waals surface area contributed by atoms with Crippen molar-refractivity contribution < 1.29 is 28.6 Å². The number of ether oxygens (including phenoxy) is 3. The molecule has 0 saturated carbocycles. The average molecular weight is 596 g/mol. The summed E-state index contributed by atoms with van der Waals surface area (Å²) in [5.74, 6) is 0.188. The van der Waals surface area contributed by atoms with Gasteiger partial charge in [-0.15, -0.1) is 0 Å². The van der Waals surface area contributed by atoms with Crippen LogP contribution in [0.15, 0.2) is 47.6 Å². The van der Waals surface area contributed by atoms with Gasteiger partial charge in [-0.2, -0.15) is 5.10 Å². The third-order valence-electron chi connectivity index (χ3n) is 6.81. The van der Waals surface area contributed by atoms with Crippen LogP contribution in [-0.2, 0) is 9.59 Å². The second-order valence-corrected chi connectivity index (χ2v) is 10.5. The summed E-state index contributed by atoms with van der Waals surface area (Å²) in [6.45, 7) is 4.73. The summed E-state index contributed by atoms with van der Waals surface area (Å²) in [6, 6.07) is 11.6. The number of nitrogens with one attached hydrogen (secondary N) is 2. The molecule has 9 heteroatoms.